The summed E-state index contributed by atoms with van der Waals surface area (Å²) in [6.45, 7) is 8.13. The molecule has 0 saturated heterocycles. The molecule has 102 valence electrons. The highest BCUT2D eigenvalue weighted by molar-refractivity contribution is 5.84. The van der Waals surface area contributed by atoms with Gasteiger partial charge in [-0.15, -0.1) is 0 Å². The lowest BCUT2D eigenvalue weighted by molar-refractivity contribution is -0.136. The van der Waals surface area contributed by atoms with Gasteiger partial charge >= 0.3 is 0 Å². The predicted molar refractivity (Wildman–Crippen MR) is 76.4 cm³/mol. The van der Waals surface area contributed by atoms with Crippen molar-refractivity contribution in [2.75, 3.05) is 7.05 Å². The van der Waals surface area contributed by atoms with E-state index in [1.54, 1.807) is 25.8 Å². The van der Waals surface area contributed by atoms with Gasteiger partial charge in [-0.3, -0.25) is 4.79 Å². The summed E-state index contributed by atoms with van der Waals surface area (Å²) in [5.41, 5.74) is 1.40. The molecule has 0 aromatic heterocycles. The molecular formula is C16H22N2O. The maximum Gasteiger partial charge on any atom is 0.242 e. The first-order valence-corrected chi connectivity index (χ1v) is 6.53. The second kappa shape index (κ2) is 5.88. The molecule has 0 aliphatic heterocycles. The number of carbonyl (C=O) groups is 1. The fraction of sp³-hybridized carbons (Fsp3) is 0.500. The Hall–Kier alpha value is -1.82. The molecule has 0 N–H and O–H groups in total. The molecule has 19 heavy (non-hydrogen) atoms. The quantitative estimate of drug-likeness (QED) is 0.831. The van der Waals surface area contributed by atoms with Crippen LogP contribution in [0, 0.1) is 16.7 Å². The second-order valence-electron chi connectivity index (χ2n) is 5.79. The summed E-state index contributed by atoms with van der Waals surface area (Å²) < 4.78 is 0. The molecule has 0 saturated carbocycles. The minimum absolute atomic E-state index is 0.150. The molecule has 0 heterocycles. The van der Waals surface area contributed by atoms with Gasteiger partial charge in [-0.25, -0.2) is 0 Å². The third-order valence-electron chi connectivity index (χ3n) is 3.23. The number of carbonyl (C=O) groups excluding carboxylic acids is 1. The smallest absolute Gasteiger partial charge is 0.242 e. The van der Waals surface area contributed by atoms with Crippen LogP contribution in [0.1, 0.15) is 44.7 Å². The van der Waals surface area contributed by atoms with E-state index in [0.717, 1.165) is 5.56 Å². The first kappa shape index (κ1) is 15.2. The lowest BCUT2D eigenvalue weighted by Gasteiger charge is -2.24. The third-order valence-corrected chi connectivity index (χ3v) is 3.23. The summed E-state index contributed by atoms with van der Waals surface area (Å²) in [5.74, 6) is 0.355. The summed E-state index contributed by atoms with van der Waals surface area (Å²) in [4.78, 5) is 13.7. The zero-order valence-corrected chi connectivity index (χ0v) is 12.4. The summed E-state index contributed by atoms with van der Waals surface area (Å²) in [6.07, 6.45) is 0. The van der Waals surface area contributed by atoms with Gasteiger partial charge in [-0.05, 0) is 30.9 Å². The van der Waals surface area contributed by atoms with E-state index in [4.69, 9.17) is 5.26 Å². The van der Waals surface area contributed by atoms with Gasteiger partial charge in [-0.1, -0.05) is 38.1 Å². The van der Waals surface area contributed by atoms with Gasteiger partial charge in [0.15, 0.2) is 0 Å². The van der Waals surface area contributed by atoms with Crippen LogP contribution in [-0.4, -0.2) is 17.9 Å². The fourth-order valence-corrected chi connectivity index (χ4v) is 1.88. The third kappa shape index (κ3) is 3.82. The number of benzene rings is 1. The minimum atomic E-state index is -0.966. The Bertz CT molecular complexity index is 480. The van der Waals surface area contributed by atoms with E-state index < -0.39 is 5.41 Å². The predicted octanol–water partition coefficient (Wildman–Crippen LogP) is 3.32. The van der Waals surface area contributed by atoms with E-state index in [9.17, 15) is 4.79 Å². The van der Waals surface area contributed by atoms with Crippen LogP contribution < -0.4 is 0 Å². The Morgan fingerprint density at radius 3 is 2.26 bits per heavy atom. The van der Waals surface area contributed by atoms with Gasteiger partial charge in [0, 0.05) is 13.6 Å². The first-order valence-electron chi connectivity index (χ1n) is 6.53. The molecule has 3 nitrogen and oxygen atoms in total. The van der Waals surface area contributed by atoms with Crippen LogP contribution in [0.4, 0.5) is 0 Å². The van der Waals surface area contributed by atoms with Gasteiger partial charge in [-0.2, -0.15) is 5.26 Å². The van der Waals surface area contributed by atoms with Crippen molar-refractivity contribution in [2.45, 2.75) is 40.2 Å². The van der Waals surface area contributed by atoms with Crippen LogP contribution in [0.2, 0.25) is 0 Å². The molecule has 1 aromatic carbocycles. The molecule has 1 aromatic rings. The molecule has 1 amide bonds. The zero-order valence-electron chi connectivity index (χ0n) is 12.4. The highest BCUT2D eigenvalue weighted by atomic mass is 16.2. The highest BCUT2D eigenvalue weighted by Gasteiger charge is 2.30. The number of nitriles is 1. The summed E-state index contributed by atoms with van der Waals surface area (Å²) in [7, 11) is 1.73. The number of hydrogen-bond acceptors (Lipinski definition) is 2. The number of rotatable bonds is 4. The fourth-order valence-electron chi connectivity index (χ4n) is 1.88. The monoisotopic (exact) mass is 258 g/mol. The van der Waals surface area contributed by atoms with E-state index in [0.29, 0.717) is 12.5 Å². The maximum absolute atomic E-state index is 12.1. The van der Waals surface area contributed by atoms with Crippen LogP contribution in [0.5, 0.6) is 0 Å². The maximum atomic E-state index is 12.1. The van der Waals surface area contributed by atoms with Gasteiger partial charge in [0.1, 0.15) is 5.41 Å². The van der Waals surface area contributed by atoms with E-state index in [1.165, 1.54) is 5.56 Å². The lowest BCUT2D eigenvalue weighted by atomic mass is 9.94. The molecule has 0 aliphatic rings. The molecule has 1 rings (SSSR count). The van der Waals surface area contributed by atoms with Gasteiger partial charge in [0.2, 0.25) is 5.91 Å². The Morgan fingerprint density at radius 1 is 1.32 bits per heavy atom. The van der Waals surface area contributed by atoms with Crippen molar-refractivity contribution in [2.24, 2.45) is 5.41 Å². The minimum Gasteiger partial charge on any atom is -0.340 e. The average molecular weight is 258 g/mol. The molecule has 0 radical (unpaired) electrons. The highest BCUT2D eigenvalue weighted by Crippen LogP contribution is 2.19. The molecule has 0 atom stereocenters. The summed E-state index contributed by atoms with van der Waals surface area (Å²) in [6, 6.07) is 10.3. The van der Waals surface area contributed by atoms with Crippen molar-refractivity contribution in [3.8, 4) is 6.07 Å². The molecule has 0 fully saturated rings. The number of amides is 1. The van der Waals surface area contributed by atoms with Gasteiger partial charge in [0.25, 0.3) is 0 Å². The second-order valence-corrected chi connectivity index (χ2v) is 5.79. The lowest BCUT2D eigenvalue weighted by Crippen LogP contribution is -2.37. The largest absolute Gasteiger partial charge is 0.340 e. The van der Waals surface area contributed by atoms with Crippen LogP contribution >= 0.6 is 0 Å². The van der Waals surface area contributed by atoms with Crippen molar-refractivity contribution >= 4 is 5.91 Å². The Labute approximate surface area is 115 Å². The van der Waals surface area contributed by atoms with Crippen LogP contribution in [0.3, 0.4) is 0 Å². The van der Waals surface area contributed by atoms with Crippen molar-refractivity contribution < 1.29 is 4.79 Å². The number of nitrogens with zero attached hydrogens (tertiary/aromatic N) is 2. The molecule has 0 aliphatic carbocycles. The topological polar surface area (TPSA) is 44.1 Å². The molecule has 0 unspecified atom stereocenters. The van der Waals surface area contributed by atoms with Gasteiger partial charge < -0.3 is 4.90 Å². The Kier molecular flexibility index (Phi) is 4.72. The van der Waals surface area contributed by atoms with E-state index in [1.807, 2.05) is 18.2 Å². The summed E-state index contributed by atoms with van der Waals surface area (Å²) in [5, 5.41) is 8.98. The normalized spacial score (nSPS) is 11.2. The summed E-state index contributed by atoms with van der Waals surface area (Å²) >= 11 is 0. The SMILES string of the molecule is CC(C)c1ccc(CN(C)C(=O)C(C)(C)C#N)cc1. The van der Waals surface area contributed by atoms with Crippen LogP contribution in [0.15, 0.2) is 24.3 Å². The number of hydrogen-bond donors (Lipinski definition) is 0. The zero-order chi connectivity index (χ0) is 14.6. The van der Waals surface area contributed by atoms with Gasteiger partial charge in [0.05, 0.1) is 6.07 Å². The van der Waals surface area contributed by atoms with Crippen molar-refractivity contribution in [3.63, 3.8) is 0 Å². The average Bonchev–Trinajstić information content (AvgIpc) is 2.38. The van der Waals surface area contributed by atoms with Crippen molar-refractivity contribution in [1.82, 2.24) is 4.90 Å². The molecule has 0 bridgehead atoms. The van der Waals surface area contributed by atoms with Crippen LogP contribution in [-0.2, 0) is 11.3 Å². The standard InChI is InChI=1S/C16H22N2O/c1-12(2)14-8-6-13(7-9-14)10-18(5)15(19)16(3,4)11-17/h6-9,12H,10H2,1-5H3. The first-order chi connectivity index (χ1) is 8.77. The van der Waals surface area contributed by atoms with Crippen molar-refractivity contribution in [3.05, 3.63) is 35.4 Å². The molecular weight excluding hydrogens is 236 g/mol. The molecule has 3 heteroatoms. The van der Waals surface area contributed by atoms with Crippen LogP contribution in [0.25, 0.3) is 0 Å². The molecule has 0 spiro atoms. The van der Waals surface area contributed by atoms with E-state index >= 15 is 0 Å². The Balaban J connectivity index is 2.75. The Morgan fingerprint density at radius 2 is 1.84 bits per heavy atom. The van der Waals surface area contributed by atoms with E-state index in [2.05, 4.69) is 26.0 Å². The van der Waals surface area contributed by atoms with E-state index in [-0.39, 0.29) is 5.91 Å². The van der Waals surface area contributed by atoms with Crippen molar-refractivity contribution in [1.29, 1.82) is 5.26 Å².